The van der Waals surface area contributed by atoms with E-state index in [0.717, 1.165) is 10.0 Å². The third kappa shape index (κ3) is 4.66. The minimum atomic E-state index is -0.223. The maximum Gasteiger partial charge on any atom is 0.240 e. The fourth-order valence-electron chi connectivity index (χ4n) is 1.93. The third-order valence-corrected chi connectivity index (χ3v) is 3.51. The number of carbonyl (C=O) groups excluding carboxylic acids is 2. The predicted molar refractivity (Wildman–Crippen MR) is 88.3 cm³/mol. The number of aromatic nitrogens is 1. The van der Waals surface area contributed by atoms with Gasteiger partial charge < -0.3 is 10.2 Å². The van der Waals surface area contributed by atoms with E-state index in [0.29, 0.717) is 12.2 Å². The molecule has 0 radical (unpaired) electrons. The van der Waals surface area contributed by atoms with Crippen molar-refractivity contribution in [1.82, 2.24) is 10.3 Å². The molecule has 0 saturated heterocycles. The van der Waals surface area contributed by atoms with Crippen molar-refractivity contribution in [3.8, 4) is 0 Å². The zero-order chi connectivity index (χ0) is 15.9. The van der Waals surface area contributed by atoms with E-state index in [-0.39, 0.29) is 18.4 Å². The van der Waals surface area contributed by atoms with Gasteiger partial charge in [0.2, 0.25) is 11.8 Å². The second kappa shape index (κ2) is 7.70. The quantitative estimate of drug-likeness (QED) is 0.889. The van der Waals surface area contributed by atoms with Gasteiger partial charge in [0.15, 0.2) is 0 Å². The van der Waals surface area contributed by atoms with Crippen LogP contribution in [0.1, 0.15) is 12.5 Å². The van der Waals surface area contributed by atoms with Crippen molar-refractivity contribution in [3.63, 3.8) is 0 Å². The van der Waals surface area contributed by atoms with Crippen LogP contribution in [0.2, 0.25) is 0 Å². The Morgan fingerprint density at radius 2 is 2.09 bits per heavy atom. The molecule has 1 N–H and O–H groups in total. The normalized spacial score (nSPS) is 10.1. The lowest BCUT2D eigenvalue weighted by Gasteiger charge is -2.21. The van der Waals surface area contributed by atoms with Gasteiger partial charge in [0.05, 0.1) is 0 Å². The van der Waals surface area contributed by atoms with Gasteiger partial charge in [0.25, 0.3) is 0 Å². The Kier molecular flexibility index (Phi) is 5.66. The molecule has 1 heterocycles. The molecule has 1 aromatic heterocycles. The lowest BCUT2D eigenvalue weighted by Crippen LogP contribution is -2.39. The number of halogens is 1. The Hall–Kier alpha value is -2.21. The molecule has 2 rings (SSSR count). The fourth-order valence-corrected chi connectivity index (χ4v) is 2.32. The maximum atomic E-state index is 12.1. The summed E-state index contributed by atoms with van der Waals surface area (Å²) in [6, 6.07) is 11.0. The molecule has 6 heteroatoms. The van der Waals surface area contributed by atoms with Crippen molar-refractivity contribution in [3.05, 3.63) is 58.8 Å². The maximum absolute atomic E-state index is 12.1. The first-order valence-corrected chi connectivity index (χ1v) is 7.55. The number of benzene rings is 1. The molecule has 0 aliphatic carbocycles. The van der Waals surface area contributed by atoms with Gasteiger partial charge in [-0.15, -0.1) is 0 Å². The molecule has 2 aromatic rings. The number of rotatable bonds is 5. The average Bonchev–Trinajstić information content (AvgIpc) is 2.51. The summed E-state index contributed by atoms with van der Waals surface area (Å²) >= 11 is 3.36. The number of pyridine rings is 1. The number of anilines is 1. The molecule has 5 nitrogen and oxygen atoms in total. The van der Waals surface area contributed by atoms with Gasteiger partial charge in [-0.25, -0.2) is 0 Å². The van der Waals surface area contributed by atoms with Gasteiger partial charge in [-0.05, 0) is 29.8 Å². The molecule has 0 aliphatic rings. The molecule has 0 fully saturated rings. The van der Waals surface area contributed by atoms with Crippen molar-refractivity contribution < 1.29 is 9.59 Å². The highest BCUT2D eigenvalue weighted by Gasteiger charge is 2.15. The molecule has 0 aliphatic heterocycles. The van der Waals surface area contributed by atoms with Crippen molar-refractivity contribution in [2.75, 3.05) is 11.4 Å². The summed E-state index contributed by atoms with van der Waals surface area (Å²) in [7, 11) is 0. The number of carbonyl (C=O) groups is 2. The lowest BCUT2D eigenvalue weighted by molar-refractivity contribution is -0.123. The number of hydrogen-bond donors (Lipinski definition) is 1. The minimum Gasteiger partial charge on any atom is -0.350 e. The first-order chi connectivity index (χ1) is 10.6. The molecule has 22 heavy (non-hydrogen) atoms. The van der Waals surface area contributed by atoms with Crippen LogP contribution in [0.5, 0.6) is 0 Å². The van der Waals surface area contributed by atoms with E-state index < -0.39 is 0 Å². The molecule has 2 amide bonds. The second-order valence-corrected chi connectivity index (χ2v) is 5.64. The van der Waals surface area contributed by atoms with E-state index in [4.69, 9.17) is 0 Å². The number of amides is 2. The summed E-state index contributed by atoms with van der Waals surface area (Å²) in [6.45, 7) is 1.80. The van der Waals surface area contributed by atoms with E-state index in [9.17, 15) is 9.59 Å². The summed E-state index contributed by atoms with van der Waals surface area (Å²) in [6.07, 6.45) is 3.37. The summed E-state index contributed by atoms with van der Waals surface area (Å²) in [5.74, 6) is -0.409. The Morgan fingerprint density at radius 1 is 1.27 bits per heavy atom. The molecule has 1 aromatic carbocycles. The van der Waals surface area contributed by atoms with Crippen LogP contribution in [-0.2, 0) is 16.1 Å². The summed E-state index contributed by atoms with van der Waals surface area (Å²) in [5, 5.41) is 2.78. The molecule has 0 spiro atoms. The van der Waals surface area contributed by atoms with E-state index in [1.54, 1.807) is 24.5 Å². The highest BCUT2D eigenvalue weighted by molar-refractivity contribution is 9.10. The van der Waals surface area contributed by atoms with Gasteiger partial charge in [-0.1, -0.05) is 28.1 Å². The summed E-state index contributed by atoms with van der Waals surface area (Å²) < 4.78 is 0.854. The Labute approximate surface area is 137 Å². The third-order valence-electron chi connectivity index (χ3n) is 3.01. The highest BCUT2D eigenvalue weighted by Crippen LogP contribution is 2.19. The van der Waals surface area contributed by atoms with Crippen LogP contribution in [-0.4, -0.2) is 23.3 Å². The van der Waals surface area contributed by atoms with Crippen LogP contribution in [0.3, 0.4) is 0 Å². The van der Waals surface area contributed by atoms with Crippen LogP contribution in [0.4, 0.5) is 5.69 Å². The van der Waals surface area contributed by atoms with Crippen molar-refractivity contribution >= 4 is 33.4 Å². The van der Waals surface area contributed by atoms with Crippen LogP contribution in [0.15, 0.2) is 53.3 Å². The van der Waals surface area contributed by atoms with Crippen LogP contribution < -0.4 is 10.2 Å². The molecule has 114 valence electrons. The number of nitrogens with one attached hydrogen (secondary N) is 1. The topological polar surface area (TPSA) is 62.3 Å². The molecular weight excluding hydrogens is 346 g/mol. The first kappa shape index (κ1) is 16.2. The van der Waals surface area contributed by atoms with E-state index in [1.807, 2.05) is 24.3 Å². The smallest absolute Gasteiger partial charge is 0.240 e. The van der Waals surface area contributed by atoms with Crippen LogP contribution >= 0.6 is 15.9 Å². The second-order valence-electron chi connectivity index (χ2n) is 4.72. The molecule has 0 saturated carbocycles. The molecular formula is C16H16BrN3O2. The van der Waals surface area contributed by atoms with Crippen molar-refractivity contribution in [2.24, 2.45) is 0 Å². The van der Waals surface area contributed by atoms with E-state index in [2.05, 4.69) is 26.2 Å². The van der Waals surface area contributed by atoms with Gasteiger partial charge in [0, 0.05) is 36.0 Å². The average molecular weight is 362 g/mol. The van der Waals surface area contributed by atoms with Gasteiger partial charge in [0.1, 0.15) is 6.54 Å². The zero-order valence-corrected chi connectivity index (χ0v) is 13.7. The monoisotopic (exact) mass is 361 g/mol. The van der Waals surface area contributed by atoms with Gasteiger partial charge >= 0.3 is 0 Å². The molecule has 0 atom stereocenters. The first-order valence-electron chi connectivity index (χ1n) is 6.75. The number of nitrogens with zero attached hydrogens (tertiary/aromatic N) is 2. The summed E-state index contributed by atoms with van der Waals surface area (Å²) in [4.78, 5) is 29.3. The largest absolute Gasteiger partial charge is 0.350 e. The standard InChI is InChI=1S/C16H16BrN3O2/c1-12(21)20(15-6-2-5-14(17)8-15)11-16(22)19-10-13-4-3-7-18-9-13/h2-9H,10-11H2,1H3,(H,19,22). The van der Waals surface area contributed by atoms with Crippen LogP contribution in [0.25, 0.3) is 0 Å². The lowest BCUT2D eigenvalue weighted by atomic mass is 10.2. The van der Waals surface area contributed by atoms with Gasteiger partial charge in [-0.2, -0.15) is 0 Å². The summed E-state index contributed by atoms with van der Waals surface area (Å²) in [5.41, 5.74) is 1.59. The molecule has 0 unspecified atom stereocenters. The minimum absolute atomic E-state index is 0.0218. The predicted octanol–water partition coefficient (Wildman–Crippen LogP) is 2.51. The van der Waals surface area contributed by atoms with E-state index in [1.165, 1.54) is 11.8 Å². The van der Waals surface area contributed by atoms with Crippen molar-refractivity contribution in [1.29, 1.82) is 0 Å². The number of hydrogen-bond acceptors (Lipinski definition) is 3. The Bertz CT molecular complexity index is 661. The Balaban J connectivity index is 1.99. The highest BCUT2D eigenvalue weighted by atomic mass is 79.9. The Morgan fingerprint density at radius 3 is 2.73 bits per heavy atom. The fraction of sp³-hybridized carbons (Fsp3) is 0.188. The van der Waals surface area contributed by atoms with E-state index >= 15 is 0 Å². The SMILES string of the molecule is CC(=O)N(CC(=O)NCc1cccnc1)c1cccc(Br)c1. The van der Waals surface area contributed by atoms with Crippen LogP contribution in [0, 0.1) is 0 Å². The van der Waals surface area contributed by atoms with Crippen molar-refractivity contribution in [2.45, 2.75) is 13.5 Å². The molecule has 0 bridgehead atoms. The van der Waals surface area contributed by atoms with Gasteiger partial charge in [-0.3, -0.25) is 14.6 Å². The zero-order valence-electron chi connectivity index (χ0n) is 12.1.